The molecule has 1 N–H and O–H groups in total. The van der Waals surface area contributed by atoms with Crippen molar-refractivity contribution in [2.75, 3.05) is 11.4 Å². The molecule has 1 aliphatic rings. The molecule has 0 aliphatic carbocycles. The summed E-state index contributed by atoms with van der Waals surface area (Å²) in [4.78, 5) is 14.3. The summed E-state index contributed by atoms with van der Waals surface area (Å²) < 4.78 is 29.7. The molecular formula is C23H19ClF2N4. The Morgan fingerprint density at radius 2 is 1.93 bits per heavy atom. The highest BCUT2D eigenvalue weighted by Gasteiger charge is 2.35. The first kappa shape index (κ1) is 19.0. The Kier molecular flexibility index (Phi) is 4.47. The van der Waals surface area contributed by atoms with E-state index in [1.165, 1.54) is 0 Å². The standard InChI is InChI=1S/C23H19ClF2N4/c1-12-3-5-16(20(26)19(12)25)22-21-15(17-11-14(24)4-6-18(17)29-21)8-10-30(22)23-27-9-7-13(2)28-23/h3-7,9,11,22,29H,8,10H2,1-2H3/t22-/m0/s1. The van der Waals surface area contributed by atoms with E-state index in [-0.39, 0.29) is 11.1 Å². The molecule has 3 heterocycles. The lowest BCUT2D eigenvalue weighted by molar-refractivity contribution is 0.481. The molecule has 0 bridgehead atoms. The average Bonchev–Trinajstić information content (AvgIpc) is 3.10. The number of nitrogens with zero attached hydrogens (tertiary/aromatic N) is 3. The number of rotatable bonds is 2. The minimum absolute atomic E-state index is 0.252. The molecular weight excluding hydrogens is 406 g/mol. The topological polar surface area (TPSA) is 44.8 Å². The Morgan fingerprint density at radius 3 is 2.73 bits per heavy atom. The van der Waals surface area contributed by atoms with Crippen LogP contribution in [0.2, 0.25) is 5.02 Å². The van der Waals surface area contributed by atoms with Crippen molar-refractivity contribution in [1.29, 1.82) is 0 Å². The van der Waals surface area contributed by atoms with Crippen LogP contribution in [0.4, 0.5) is 14.7 Å². The number of aromatic amines is 1. The minimum atomic E-state index is -0.845. The van der Waals surface area contributed by atoms with Crippen molar-refractivity contribution in [2.45, 2.75) is 26.3 Å². The molecule has 7 heteroatoms. The fourth-order valence-electron chi connectivity index (χ4n) is 4.25. The molecule has 1 atom stereocenters. The lowest BCUT2D eigenvalue weighted by Gasteiger charge is -2.36. The van der Waals surface area contributed by atoms with E-state index in [9.17, 15) is 4.39 Å². The molecule has 0 fully saturated rings. The number of halogens is 3. The summed E-state index contributed by atoms with van der Waals surface area (Å²) in [5, 5.41) is 1.64. The molecule has 1 aliphatic heterocycles. The van der Waals surface area contributed by atoms with Crippen molar-refractivity contribution in [2.24, 2.45) is 0 Å². The van der Waals surface area contributed by atoms with E-state index < -0.39 is 17.7 Å². The fraction of sp³-hybridized carbons (Fsp3) is 0.217. The SMILES string of the molecule is Cc1ccnc(N2CCc3c([nH]c4ccc(Cl)cc34)[C@@H]2c2ccc(C)c(F)c2F)n1. The minimum Gasteiger partial charge on any atom is -0.356 e. The van der Waals surface area contributed by atoms with Gasteiger partial charge in [-0.15, -0.1) is 0 Å². The van der Waals surface area contributed by atoms with Gasteiger partial charge in [0.15, 0.2) is 11.6 Å². The van der Waals surface area contributed by atoms with E-state index in [0.29, 0.717) is 23.9 Å². The van der Waals surface area contributed by atoms with Gasteiger partial charge in [0.2, 0.25) is 5.95 Å². The van der Waals surface area contributed by atoms with Crippen LogP contribution in [-0.2, 0) is 6.42 Å². The molecule has 152 valence electrons. The quantitative estimate of drug-likeness (QED) is 0.451. The summed E-state index contributed by atoms with van der Waals surface area (Å²) in [7, 11) is 0. The first-order valence-corrected chi connectivity index (χ1v) is 10.1. The largest absolute Gasteiger partial charge is 0.356 e. The summed E-state index contributed by atoms with van der Waals surface area (Å²) in [5.41, 5.74) is 4.11. The molecule has 0 amide bonds. The van der Waals surface area contributed by atoms with Crippen LogP contribution < -0.4 is 4.90 Å². The van der Waals surface area contributed by atoms with E-state index in [4.69, 9.17) is 11.6 Å². The van der Waals surface area contributed by atoms with Crippen molar-refractivity contribution in [3.63, 3.8) is 0 Å². The number of benzene rings is 2. The highest BCUT2D eigenvalue weighted by Crippen LogP contribution is 2.41. The van der Waals surface area contributed by atoms with Gasteiger partial charge in [0, 0.05) is 45.6 Å². The number of nitrogens with one attached hydrogen (secondary N) is 1. The van der Waals surface area contributed by atoms with Gasteiger partial charge < -0.3 is 9.88 Å². The van der Waals surface area contributed by atoms with Gasteiger partial charge in [0.05, 0.1) is 0 Å². The molecule has 4 nitrogen and oxygen atoms in total. The maximum atomic E-state index is 15.2. The second-order valence-corrected chi connectivity index (χ2v) is 8.09. The fourth-order valence-corrected chi connectivity index (χ4v) is 4.42. The Hall–Kier alpha value is -2.99. The predicted molar refractivity (Wildman–Crippen MR) is 114 cm³/mol. The number of anilines is 1. The number of fused-ring (bicyclic) bond motifs is 3. The van der Waals surface area contributed by atoms with Crippen molar-refractivity contribution >= 4 is 28.5 Å². The molecule has 5 rings (SSSR count). The Morgan fingerprint density at radius 1 is 1.10 bits per heavy atom. The van der Waals surface area contributed by atoms with E-state index in [1.54, 1.807) is 25.3 Å². The van der Waals surface area contributed by atoms with E-state index >= 15 is 4.39 Å². The number of aryl methyl sites for hydroxylation is 2. The second-order valence-electron chi connectivity index (χ2n) is 7.65. The number of aromatic nitrogens is 3. The van der Waals surface area contributed by atoms with Crippen molar-refractivity contribution in [3.05, 3.63) is 87.3 Å². The monoisotopic (exact) mass is 424 g/mol. The van der Waals surface area contributed by atoms with Gasteiger partial charge in [-0.1, -0.05) is 23.7 Å². The van der Waals surface area contributed by atoms with Gasteiger partial charge in [0.25, 0.3) is 0 Å². The van der Waals surface area contributed by atoms with Gasteiger partial charge in [-0.2, -0.15) is 0 Å². The van der Waals surface area contributed by atoms with E-state index in [1.807, 2.05) is 36.1 Å². The van der Waals surface area contributed by atoms with E-state index in [2.05, 4.69) is 15.0 Å². The van der Waals surface area contributed by atoms with Crippen LogP contribution in [0.5, 0.6) is 0 Å². The summed E-state index contributed by atoms with van der Waals surface area (Å²) in [6.45, 7) is 4.00. The number of hydrogen-bond donors (Lipinski definition) is 1. The highest BCUT2D eigenvalue weighted by atomic mass is 35.5. The third-order valence-electron chi connectivity index (χ3n) is 5.73. The first-order valence-electron chi connectivity index (χ1n) is 9.75. The molecule has 0 spiro atoms. The molecule has 2 aromatic heterocycles. The predicted octanol–water partition coefficient (Wildman–Crippen LogP) is 5.66. The second kappa shape index (κ2) is 7.06. The maximum Gasteiger partial charge on any atom is 0.226 e. The van der Waals surface area contributed by atoms with Crippen LogP contribution in [0.3, 0.4) is 0 Å². The van der Waals surface area contributed by atoms with Crippen LogP contribution in [0.25, 0.3) is 10.9 Å². The first-order chi connectivity index (χ1) is 14.4. The Labute approximate surface area is 177 Å². The van der Waals surface area contributed by atoms with Gasteiger partial charge in [-0.25, -0.2) is 18.7 Å². The summed E-state index contributed by atoms with van der Waals surface area (Å²) in [6.07, 6.45) is 2.39. The van der Waals surface area contributed by atoms with Crippen LogP contribution in [0, 0.1) is 25.5 Å². The van der Waals surface area contributed by atoms with Crippen LogP contribution >= 0.6 is 11.6 Å². The maximum absolute atomic E-state index is 15.2. The third-order valence-corrected chi connectivity index (χ3v) is 5.96. The Bertz CT molecular complexity index is 1280. The lowest BCUT2D eigenvalue weighted by atomic mass is 9.91. The number of H-pyrrole nitrogens is 1. The molecule has 0 unspecified atom stereocenters. The average molecular weight is 425 g/mol. The normalized spacial score (nSPS) is 16.2. The zero-order valence-electron chi connectivity index (χ0n) is 16.5. The van der Waals surface area contributed by atoms with Crippen LogP contribution in [0.1, 0.15) is 34.1 Å². The van der Waals surface area contributed by atoms with E-state index in [0.717, 1.165) is 27.9 Å². The molecule has 30 heavy (non-hydrogen) atoms. The highest BCUT2D eigenvalue weighted by molar-refractivity contribution is 6.31. The molecule has 2 aromatic carbocycles. The molecule has 0 saturated carbocycles. The van der Waals surface area contributed by atoms with Gasteiger partial charge in [-0.05, 0) is 55.7 Å². The summed E-state index contributed by atoms with van der Waals surface area (Å²) >= 11 is 6.22. The smallest absolute Gasteiger partial charge is 0.226 e. The van der Waals surface area contributed by atoms with Crippen LogP contribution in [-0.4, -0.2) is 21.5 Å². The van der Waals surface area contributed by atoms with Gasteiger partial charge in [-0.3, -0.25) is 0 Å². The van der Waals surface area contributed by atoms with Crippen LogP contribution in [0.15, 0.2) is 42.6 Å². The number of hydrogen-bond acceptors (Lipinski definition) is 3. The molecule has 0 radical (unpaired) electrons. The molecule has 0 saturated heterocycles. The molecule has 4 aromatic rings. The third kappa shape index (κ3) is 2.94. The van der Waals surface area contributed by atoms with Crippen molar-refractivity contribution in [1.82, 2.24) is 15.0 Å². The van der Waals surface area contributed by atoms with Gasteiger partial charge >= 0.3 is 0 Å². The zero-order valence-corrected chi connectivity index (χ0v) is 17.3. The van der Waals surface area contributed by atoms with Crippen molar-refractivity contribution < 1.29 is 8.78 Å². The zero-order chi connectivity index (χ0) is 21.0. The Balaban J connectivity index is 1.77. The van der Waals surface area contributed by atoms with Gasteiger partial charge in [0.1, 0.15) is 6.04 Å². The summed E-state index contributed by atoms with van der Waals surface area (Å²) in [5.74, 6) is -1.19. The summed E-state index contributed by atoms with van der Waals surface area (Å²) in [6, 6.07) is 10.1. The van der Waals surface area contributed by atoms with Crippen molar-refractivity contribution in [3.8, 4) is 0 Å². The lowest BCUT2D eigenvalue weighted by Crippen LogP contribution is -2.38.